The number of aliphatic hydroxyl groups is 1. The van der Waals surface area contributed by atoms with Crippen LogP contribution < -0.4 is 0 Å². The molecule has 1 N–H and O–H groups in total. The van der Waals surface area contributed by atoms with Gasteiger partial charge in [-0.3, -0.25) is 0 Å². The zero-order chi connectivity index (χ0) is 12.7. The Kier molecular flexibility index (Phi) is 3.00. The number of hydrogen-bond acceptors (Lipinski definition) is 2. The van der Waals surface area contributed by atoms with Crippen LogP contribution in [-0.4, -0.2) is 17.3 Å². The number of halogens is 1. The molecule has 0 aliphatic carbocycles. The summed E-state index contributed by atoms with van der Waals surface area (Å²) in [6.45, 7) is 6.23. The van der Waals surface area contributed by atoms with Crippen molar-refractivity contribution in [3.05, 3.63) is 35.1 Å². The Hall–Kier alpha value is -0.930. The van der Waals surface area contributed by atoms with Crippen molar-refractivity contribution >= 4 is 0 Å². The molecule has 1 aliphatic heterocycles. The molecule has 1 fully saturated rings. The van der Waals surface area contributed by atoms with Crippen LogP contribution in [0.5, 0.6) is 0 Å². The van der Waals surface area contributed by atoms with Gasteiger partial charge in [0.05, 0.1) is 17.8 Å². The summed E-state index contributed by atoms with van der Waals surface area (Å²) in [7, 11) is 0. The van der Waals surface area contributed by atoms with Gasteiger partial charge >= 0.3 is 0 Å². The molecule has 0 amide bonds. The first-order valence-electron chi connectivity index (χ1n) is 5.95. The second-order valence-corrected chi connectivity index (χ2v) is 5.58. The Balaban J connectivity index is 2.37. The summed E-state index contributed by atoms with van der Waals surface area (Å²) in [5.74, 6) is -0.294. The molecule has 1 aromatic rings. The molecule has 1 unspecified atom stereocenters. The lowest BCUT2D eigenvalue weighted by atomic mass is 9.79. The predicted molar refractivity (Wildman–Crippen MR) is 64.3 cm³/mol. The summed E-state index contributed by atoms with van der Waals surface area (Å²) in [5, 5.41) is 10.7. The first kappa shape index (κ1) is 12.5. The molecular weight excluding hydrogens is 219 g/mol. The van der Waals surface area contributed by atoms with Gasteiger partial charge in [0.15, 0.2) is 0 Å². The van der Waals surface area contributed by atoms with E-state index in [0.29, 0.717) is 25.0 Å². The average Bonchev–Trinajstić information content (AvgIpc) is 2.13. The average molecular weight is 238 g/mol. The molecule has 0 bridgehead atoms. The van der Waals surface area contributed by atoms with Crippen molar-refractivity contribution in [1.29, 1.82) is 0 Å². The highest BCUT2D eigenvalue weighted by Crippen LogP contribution is 2.39. The van der Waals surface area contributed by atoms with E-state index in [1.807, 2.05) is 26.8 Å². The lowest BCUT2D eigenvalue weighted by molar-refractivity contribution is -0.148. The lowest BCUT2D eigenvalue weighted by Crippen LogP contribution is -2.44. The molecular formula is C14H19FO2. The zero-order valence-electron chi connectivity index (χ0n) is 10.6. The fourth-order valence-corrected chi connectivity index (χ4v) is 2.59. The van der Waals surface area contributed by atoms with E-state index in [0.717, 1.165) is 5.56 Å². The molecule has 1 saturated heterocycles. The van der Waals surface area contributed by atoms with E-state index < -0.39 is 5.60 Å². The summed E-state index contributed by atoms with van der Waals surface area (Å²) < 4.78 is 19.0. The van der Waals surface area contributed by atoms with Crippen molar-refractivity contribution in [1.82, 2.24) is 0 Å². The number of ether oxygens (including phenoxy) is 1. The highest BCUT2D eigenvalue weighted by Gasteiger charge is 2.40. The van der Waals surface area contributed by atoms with Gasteiger partial charge in [-0.15, -0.1) is 0 Å². The van der Waals surface area contributed by atoms with Crippen molar-refractivity contribution in [2.75, 3.05) is 6.61 Å². The van der Waals surface area contributed by atoms with Gasteiger partial charge < -0.3 is 9.84 Å². The molecule has 1 heterocycles. The fraction of sp³-hybridized carbons (Fsp3) is 0.571. The van der Waals surface area contributed by atoms with Crippen LogP contribution in [0.25, 0.3) is 0 Å². The van der Waals surface area contributed by atoms with Gasteiger partial charge in [-0.25, -0.2) is 4.39 Å². The van der Waals surface area contributed by atoms with Gasteiger partial charge in [0.25, 0.3) is 0 Å². The van der Waals surface area contributed by atoms with Crippen LogP contribution in [0.15, 0.2) is 18.2 Å². The first-order chi connectivity index (χ1) is 7.81. The van der Waals surface area contributed by atoms with Crippen molar-refractivity contribution in [3.8, 4) is 0 Å². The molecule has 2 nitrogen and oxygen atoms in total. The molecule has 1 aromatic carbocycles. The SMILES string of the molecule is Cc1cc(F)cc(C2(O)CCOC(C)(C)C2)c1. The predicted octanol–water partition coefficient (Wildman–Crippen LogP) is 2.91. The molecule has 1 aliphatic rings. The lowest BCUT2D eigenvalue weighted by Gasteiger charge is -2.42. The van der Waals surface area contributed by atoms with Gasteiger partial charge in [0, 0.05) is 12.8 Å². The maximum absolute atomic E-state index is 13.4. The maximum atomic E-state index is 13.4. The second kappa shape index (κ2) is 4.07. The quantitative estimate of drug-likeness (QED) is 0.815. The van der Waals surface area contributed by atoms with E-state index in [2.05, 4.69) is 0 Å². The molecule has 0 spiro atoms. The van der Waals surface area contributed by atoms with E-state index in [1.165, 1.54) is 12.1 Å². The standard InChI is InChI=1S/C14H19FO2/c1-10-6-11(8-12(15)7-10)14(16)4-5-17-13(2,3)9-14/h6-8,16H,4-5,9H2,1-3H3. The van der Waals surface area contributed by atoms with Crippen LogP contribution in [0.4, 0.5) is 4.39 Å². The third-order valence-corrected chi connectivity index (χ3v) is 3.31. The van der Waals surface area contributed by atoms with Gasteiger partial charge in [-0.1, -0.05) is 6.07 Å². The third kappa shape index (κ3) is 2.67. The Morgan fingerprint density at radius 2 is 2.00 bits per heavy atom. The minimum absolute atomic E-state index is 0.294. The summed E-state index contributed by atoms with van der Waals surface area (Å²) in [6.07, 6.45) is 1.00. The van der Waals surface area contributed by atoms with Crippen LogP contribution in [0.3, 0.4) is 0 Å². The Bertz CT molecular complexity index is 408. The van der Waals surface area contributed by atoms with Gasteiger partial charge in [-0.05, 0) is 44.0 Å². The smallest absolute Gasteiger partial charge is 0.123 e. The van der Waals surface area contributed by atoms with Gasteiger partial charge in [0.1, 0.15) is 5.82 Å². The highest BCUT2D eigenvalue weighted by atomic mass is 19.1. The van der Waals surface area contributed by atoms with E-state index in [9.17, 15) is 9.50 Å². The minimum atomic E-state index is -0.978. The maximum Gasteiger partial charge on any atom is 0.123 e. The molecule has 3 heteroatoms. The summed E-state index contributed by atoms with van der Waals surface area (Å²) in [5.41, 5.74) is 0.145. The molecule has 0 saturated carbocycles. The molecule has 0 aromatic heterocycles. The van der Waals surface area contributed by atoms with E-state index in [4.69, 9.17) is 4.74 Å². The Morgan fingerprint density at radius 1 is 1.29 bits per heavy atom. The monoisotopic (exact) mass is 238 g/mol. The zero-order valence-corrected chi connectivity index (χ0v) is 10.6. The molecule has 94 valence electrons. The first-order valence-corrected chi connectivity index (χ1v) is 5.95. The Labute approximate surface area is 101 Å². The number of benzene rings is 1. The van der Waals surface area contributed by atoms with Crippen molar-refractivity contribution in [3.63, 3.8) is 0 Å². The normalized spacial score (nSPS) is 28.1. The third-order valence-electron chi connectivity index (χ3n) is 3.31. The van der Waals surface area contributed by atoms with Crippen molar-refractivity contribution < 1.29 is 14.2 Å². The van der Waals surface area contributed by atoms with Crippen LogP contribution in [0, 0.1) is 12.7 Å². The van der Waals surface area contributed by atoms with Crippen molar-refractivity contribution in [2.24, 2.45) is 0 Å². The van der Waals surface area contributed by atoms with Gasteiger partial charge in [-0.2, -0.15) is 0 Å². The summed E-state index contributed by atoms with van der Waals surface area (Å²) in [4.78, 5) is 0. The topological polar surface area (TPSA) is 29.5 Å². The van der Waals surface area contributed by atoms with Crippen LogP contribution in [-0.2, 0) is 10.3 Å². The van der Waals surface area contributed by atoms with E-state index in [-0.39, 0.29) is 11.4 Å². The number of hydrogen-bond donors (Lipinski definition) is 1. The fourth-order valence-electron chi connectivity index (χ4n) is 2.59. The van der Waals surface area contributed by atoms with Crippen molar-refractivity contribution in [2.45, 2.75) is 44.8 Å². The summed E-state index contributed by atoms with van der Waals surface area (Å²) in [6, 6.07) is 4.75. The molecule has 2 rings (SSSR count). The molecule has 1 atom stereocenters. The minimum Gasteiger partial charge on any atom is -0.385 e. The van der Waals surface area contributed by atoms with E-state index in [1.54, 1.807) is 0 Å². The Morgan fingerprint density at radius 3 is 2.59 bits per heavy atom. The van der Waals surface area contributed by atoms with E-state index >= 15 is 0 Å². The number of aryl methyl sites for hydroxylation is 1. The number of rotatable bonds is 1. The van der Waals surface area contributed by atoms with Crippen LogP contribution in [0.1, 0.15) is 37.8 Å². The van der Waals surface area contributed by atoms with Gasteiger partial charge in [0.2, 0.25) is 0 Å². The second-order valence-electron chi connectivity index (χ2n) is 5.58. The largest absolute Gasteiger partial charge is 0.385 e. The molecule has 0 radical (unpaired) electrons. The van der Waals surface area contributed by atoms with Crippen LogP contribution >= 0.6 is 0 Å². The van der Waals surface area contributed by atoms with Crippen LogP contribution in [0.2, 0.25) is 0 Å². The highest BCUT2D eigenvalue weighted by molar-refractivity contribution is 5.29. The summed E-state index contributed by atoms with van der Waals surface area (Å²) >= 11 is 0. The molecule has 17 heavy (non-hydrogen) atoms.